The molecule has 0 bridgehead atoms. The van der Waals surface area contributed by atoms with Crippen LogP contribution in [0.3, 0.4) is 0 Å². The molecular weight excluding hydrogens is 314 g/mol. The molecule has 6 heteroatoms. The second kappa shape index (κ2) is 6.09. The van der Waals surface area contributed by atoms with Crippen molar-refractivity contribution in [3.63, 3.8) is 0 Å². The number of aryl methyl sites for hydroxylation is 2. The number of hydrogen-bond acceptors (Lipinski definition) is 6. The lowest BCUT2D eigenvalue weighted by atomic mass is 10.2. The third-order valence-electron chi connectivity index (χ3n) is 5.60. The van der Waals surface area contributed by atoms with E-state index in [2.05, 4.69) is 14.8 Å². The zero-order valence-corrected chi connectivity index (χ0v) is 14.9. The lowest BCUT2D eigenvalue weighted by Gasteiger charge is -2.36. The highest BCUT2D eigenvalue weighted by molar-refractivity contribution is 5.52. The Morgan fingerprint density at radius 1 is 1.08 bits per heavy atom. The lowest BCUT2D eigenvalue weighted by Crippen LogP contribution is -2.46. The van der Waals surface area contributed by atoms with Gasteiger partial charge in [-0.05, 0) is 32.1 Å². The summed E-state index contributed by atoms with van der Waals surface area (Å²) in [6, 6.07) is 0. The molecule has 1 saturated carbocycles. The Morgan fingerprint density at radius 2 is 1.92 bits per heavy atom. The molecule has 1 saturated heterocycles. The van der Waals surface area contributed by atoms with Gasteiger partial charge in [-0.1, -0.05) is 0 Å². The van der Waals surface area contributed by atoms with Gasteiger partial charge in [-0.2, -0.15) is 0 Å². The Kier molecular flexibility index (Phi) is 3.73. The Labute approximate surface area is 148 Å². The highest BCUT2D eigenvalue weighted by Gasteiger charge is 2.31. The fraction of sp³-hybridized carbons (Fsp3) is 0.632. The molecule has 0 atom stereocenters. The lowest BCUT2D eigenvalue weighted by molar-refractivity contribution is 0.246. The molecule has 3 heterocycles. The van der Waals surface area contributed by atoms with Crippen molar-refractivity contribution in [2.45, 2.75) is 51.5 Å². The van der Waals surface area contributed by atoms with Gasteiger partial charge in [0.1, 0.15) is 17.9 Å². The maximum absolute atomic E-state index is 5.32. The monoisotopic (exact) mass is 339 g/mol. The van der Waals surface area contributed by atoms with Crippen LogP contribution in [0.5, 0.6) is 0 Å². The summed E-state index contributed by atoms with van der Waals surface area (Å²) in [5.41, 5.74) is 3.78. The predicted molar refractivity (Wildman–Crippen MR) is 94.8 cm³/mol. The van der Waals surface area contributed by atoms with Crippen molar-refractivity contribution in [1.29, 1.82) is 0 Å². The van der Waals surface area contributed by atoms with Gasteiger partial charge < -0.3 is 9.32 Å². The predicted octanol–water partition coefficient (Wildman–Crippen LogP) is 2.46. The second-order valence-corrected chi connectivity index (χ2v) is 7.58. The number of oxazole rings is 1. The minimum Gasteiger partial charge on any atom is -0.449 e. The van der Waals surface area contributed by atoms with Crippen molar-refractivity contribution in [3.8, 4) is 0 Å². The van der Waals surface area contributed by atoms with Crippen LogP contribution in [0.2, 0.25) is 0 Å². The van der Waals surface area contributed by atoms with E-state index in [1.807, 2.05) is 6.92 Å². The van der Waals surface area contributed by atoms with Gasteiger partial charge >= 0.3 is 0 Å². The highest BCUT2D eigenvalue weighted by atomic mass is 16.3. The minimum absolute atomic E-state index is 0.626. The normalized spacial score (nSPS) is 20.9. The summed E-state index contributed by atoms with van der Waals surface area (Å²) in [7, 11) is 0. The van der Waals surface area contributed by atoms with Gasteiger partial charge in [-0.3, -0.25) is 4.90 Å². The molecule has 3 aliphatic rings. The van der Waals surface area contributed by atoms with Gasteiger partial charge in [0.05, 0.1) is 5.69 Å². The number of nitrogens with zero attached hydrogens (tertiary/aromatic N) is 5. The van der Waals surface area contributed by atoms with E-state index in [0.717, 1.165) is 63.0 Å². The maximum Gasteiger partial charge on any atom is 0.191 e. The molecule has 0 spiro atoms. The minimum atomic E-state index is 0.626. The first-order chi connectivity index (χ1) is 12.3. The van der Waals surface area contributed by atoms with Crippen LogP contribution in [-0.4, -0.2) is 46.0 Å². The largest absolute Gasteiger partial charge is 0.449 e. The molecule has 0 aromatic carbocycles. The summed E-state index contributed by atoms with van der Waals surface area (Å²) in [5.74, 6) is 3.72. The number of hydrogen-bond donors (Lipinski definition) is 0. The SMILES string of the molecule is Cc1nc(CN2CCN(c3nc(C4CC4)nc4c3CCC4)CC2)co1. The van der Waals surface area contributed by atoms with Gasteiger partial charge in [-0.15, -0.1) is 0 Å². The number of anilines is 1. The number of aromatic nitrogens is 3. The van der Waals surface area contributed by atoms with Crippen LogP contribution in [-0.2, 0) is 19.4 Å². The summed E-state index contributed by atoms with van der Waals surface area (Å²) in [4.78, 5) is 19.3. The molecule has 2 aromatic heterocycles. The quantitative estimate of drug-likeness (QED) is 0.853. The van der Waals surface area contributed by atoms with E-state index in [4.69, 9.17) is 14.4 Å². The fourth-order valence-corrected chi connectivity index (χ4v) is 4.04. The van der Waals surface area contributed by atoms with Crippen molar-refractivity contribution in [3.05, 3.63) is 34.9 Å². The van der Waals surface area contributed by atoms with E-state index >= 15 is 0 Å². The van der Waals surface area contributed by atoms with Crippen LogP contribution in [0.1, 0.15) is 53.8 Å². The van der Waals surface area contributed by atoms with E-state index in [1.54, 1.807) is 6.26 Å². The summed E-state index contributed by atoms with van der Waals surface area (Å²) >= 11 is 0. The van der Waals surface area contributed by atoms with Crippen LogP contribution in [0.15, 0.2) is 10.7 Å². The molecular formula is C19H25N5O. The van der Waals surface area contributed by atoms with Crippen molar-refractivity contribution >= 4 is 5.82 Å². The molecule has 6 nitrogen and oxygen atoms in total. The van der Waals surface area contributed by atoms with E-state index in [0.29, 0.717) is 5.92 Å². The topological polar surface area (TPSA) is 58.3 Å². The number of fused-ring (bicyclic) bond motifs is 1. The standard InChI is InChI=1S/C19H25N5O/c1-13-20-15(12-25-13)11-23-7-9-24(10-8-23)19-16-3-2-4-17(16)21-18(22-19)14-5-6-14/h12,14H,2-11H2,1H3. The summed E-state index contributed by atoms with van der Waals surface area (Å²) in [6.45, 7) is 6.93. The average molecular weight is 339 g/mol. The van der Waals surface area contributed by atoms with Gasteiger partial charge in [0.25, 0.3) is 0 Å². The van der Waals surface area contributed by atoms with Gasteiger partial charge in [-0.25, -0.2) is 15.0 Å². The van der Waals surface area contributed by atoms with Crippen LogP contribution in [0, 0.1) is 6.92 Å². The molecule has 2 fully saturated rings. The highest BCUT2D eigenvalue weighted by Crippen LogP contribution is 2.40. The van der Waals surface area contributed by atoms with Crippen molar-refractivity contribution in [2.24, 2.45) is 0 Å². The Hall–Kier alpha value is -1.95. The first-order valence-electron chi connectivity index (χ1n) is 9.54. The van der Waals surface area contributed by atoms with Gasteiger partial charge in [0.2, 0.25) is 0 Å². The van der Waals surface area contributed by atoms with E-state index in [1.165, 1.54) is 36.3 Å². The zero-order valence-electron chi connectivity index (χ0n) is 14.9. The van der Waals surface area contributed by atoms with E-state index < -0.39 is 0 Å². The van der Waals surface area contributed by atoms with Crippen molar-refractivity contribution < 1.29 is 4.42 Å². The average Bonchev–Trinajstić information content (AvgIpc) is 3.23. The summed E-state index contributed by atoms with van der Waals surface area (Å²) in [5, 5.41) is 0. The zero-order chi connectivity index (χ0) is 16.8. The van der Waals surface area contributed by atoms with E-state index in [-0.39, 0.29) is 0 Å². The molecule has 2 aliphatic carbocycles. The summed E-state index contributed by atoms with van der Waals surface area (Å²) in [6.07, 6.45) is 7.83. The Morgan fingerprint density at radius 3 is 2.64 bits per heavy atom. The van der Waals surface area contributed by atoms with Gasteiger partial charge in [0.15, 0.2) is 5.89 Å². The first-order valence-corrected chi connectivity index (χ1v) is 9.54. The number of piperazine rings is 1. The van der Waals surface area contributed by atoms with E-state index in [9.17, 15) is 0 Å². The molecule has 5 rings (SSSR count). The molecule has 2 aromatic rings. The fourth-order valence-electron chi connectivity index (χ4n) is 4.04. The van der Waals surface area contributed by atoms with Crippen LogP contribution in [0.25, 0.3) is 0 Å². The van der Waals surface area contributed by atoms with Crippen molar-refractivity contribution in [1.82, 2.24) is 19.9 Å². The Bertz CT molecular complexity index is 774. The molecule has 25 heavy (non-hydrogen) atoms. The summed E-state index contributed by atoms with van der Waals surface area (Å²) < 4.78 is 5.32. The third-order valence-corrected chi connectivity index (χ3v) is 5.60. The maximum atomic E-state index is 5.32. The molecule has 0 radical (unpaired) electrons. The molecule has 1 aliphatic heterocycles. The van der Waals surface area contributed by atoms with Crippen LogP contribution >= 0.6 is 0 Å². The first kappa shape index (κ1) is 15.3. The molecule has 132 valence electrons. The molecule has 0 amide bonds. The smallest absolute Gasteiger partial charge is 0.191 e. The van der Waals surface area contributed by atoms with Crippen LogP contribution in [0.4, 0.5) is 5.82 Å². The van der Waals surface area contributed by atoms with Crippen LogP contribution < -0.4 is 4.90 Å². The Balaban J connectivity index is 1.30. The molecule has 0 N–H and O–H groups in total. The third kappa shape index (κ3) is 3.03. The van der Waals surface area contributed by atoms with Crippen molar-refractivity contribution in [2.75, 3.05) is 31.1 Å². The molecule has 0 unspecified atom stereocenters. The number of rotatable bonds is 4. The van der Waals surface area contributed by atoms with Gasteiger partial charge in [0, 0.05) is 56.8 Å². The second-order valence-electron chi connectivity index (χ2n) is 7.58.